The average Bonchev–Trinajstić information content (AvgIpc) is 3.23. The highest BCUT2D eigenvalue weighted by Crippen LogP contribution is 2.41. The second-order valence-corrected chi connectivity index (χ2v) is 7.74. The zero-order valence-electron chi connectivity index (χ0n) is 15.7. The molecule has 1 aliphatic carbocycles. The van der Waals surface area contributed by atoms with E-state index in [1.165, 1.54) is 12.8 Å². The van der Waals surface area contributed by atoms with Crippen LogP contribution in [0.4, 0.5) is 0 Å². The maximum atomic E-state index is 13.2. The predicted molar refractivity (Wildman–Crippen MR) is 93.5 cm³/mol. The van der Waals surface area contributed by atoms with Crippen LogP contribution in [0.25, 0.3) is 0 Å². The Morgan fingerprint density at radius 1 is 1.20 bits per heavy atom. The molecule has 3 heterocycles. The highest BCUT2D eigenvalue weighted by molar-refractivity contribution is 5.96. The van der Waals surface area contributed by atoms with E-state index in [1.54, 1.807) is 0 Å². The van der Waals surface area contributed by atoms with Gasteiger partial charge in [0.25, 0.3) is 5.91 Å². The Labute approximate surface area is 148 Å². The first-order chi connectivity index (χ1) is 11.9. The number of carbonyl (C=O) groups is 1. The molecule has 0 aromatic carbocycles. The van der Waals surface area contributed by atoms with E-state index in [9.17, 15) is 4.79 Å². The second-order valence-electron chi connectivity index (χ2n) is 7.74. The molecule has 1 amide bonds. The minimum absolute atomic E-state index is 0.0518. The number of rotatable bonds is 3. The van der Waals surface area contributed by atoms with Gasteiger partial charge < -0.3 is 9.47 Å². The van der Waals surface area contributed by atoms with Crippen molar-refractivity contribution < 1.29 is 4.79 Å². The van der Waals surface area contributed by atoms with Gasteiger partial charge in [0.2, 0.25) is 0 Å². The molecule has 0 radical (unpaired) electrons. The molecule has 0 bridgehead atoms. The number of nitrogens with zero attached hydrogens (tertiary/aromatic N) is 6. The Balaban J connectivity index is 1.64. The van der Waals surface area contributed by atoms with E-state index in [0.29, 0.717) is 19.0 Å². The number of amides is 1. The number of aromatic nitrogens is 5. The molecule has 7 heteroatoms. The zero-order valence-corrected chi connectivity index (χ0v) is 15.7. The van der Waals surface area contributed by atoms with Gasteiger partial charge in [-0.1, -0.05) is 0 Å². The largest absolute Gasteiger partial charge is 0.329 e. The average molecular weight is 342 g/mol. The van der Waals surface area contributed by atoms with E-state index in [2.05, 4.69) is 40.6 Å². The smallest absolute Gasteiger partial charge is 0.258 e. The molecule has 4 rings (SSSR count). The molecule has 1 saturated carbocycles. The fourth-order valence-electron chi connectivity index (χ4n) is 3.97. The van der Waals surface area contributed by atoms with Gasteiger partial charge in [-0.2, -0.15) is 5.10 Å². The Kier molecular flexibility index (Phi) is 3.70. The Morgan fingerprint density at radius 2 is 1.92 bits per heavy atom. The lowest BCUT2D eigenvalue weighted by Crippen LogP contribution is -2.41. The molecule has 0 unspecified atom stereocenters. The van der Waals surface area contributed by atoms with E-state index in [4.69, 9.17) is 0 Å². The second kappa shape index (κ2) is 5.68. The van der Waals surface area contributed by atoms with Gasteiger partial charge in [-0.15, -0.1) is 10.2 Å². The third-order valence-corrected chi connectivity index (χ3v) is 5.31. The standard InChI is InChI=1S/C18H26N6O/c1-10(2)24-13(5)16(12(4)21-24)18(25)22-8-11(3)23-15(9-22)19-20-17(23)14-6-7-14/h10-11,14H,6-9H2,1-5H3/t11-/m0/s1. The van der Waals surface area contributed by atoms with Crippen LogP contribution in [0.1, 0.15) is 85.0 Å². The van der Waals surface area contributed by atoms with Gasteiger partial charge in [0.05, 0.1) is 23.8 Å². The summed E-state index contributed by atoms with van der Waals surface area (Å²) in [6, 6.07) is 0.448. The summed E-state index contributed by atoms with van der Waals surface area (Å²) in [5.41, 5.74) is 2.47. The van der Waals surface area contributed by atoms with Gasteiger partial charge in [-0.05, 0) is 47.5 Å². The molecule has 1 aliphatic heterocycles. The van der Waals surface area contributed by atoms with Gasteiger partial charge >= 0.3 is 0 Å². The SMILES string of the molecule is Cc1nn(C(C)C)c(C)c1C(=O)N1Cc2nnc(C3CC3)n2[C@@H](C)C1. The van der Waals surface area contributed by atoms with Crippen molar-refractivity contribution in [3.63, 3.8) is 0 Å². The molecule has 1 atom stereocenters. The summed E-state index contributed by atoms with van der Waals surface area (Å²) in [5.74, 6) is 2.63. The molecule has 25 heavy (non-hydrogen) atoms. The van der Waals surface area contributed by atoms with Crippen molar-refractivity contribution in [2.45, 2.75) is 72.0 Å². The summed E-state index contributed by atoms with van der Waals surface area (Å²) in [6.45, 7) is 11.4. The summed E-state index contributed by atoms with van der Waals surface area (Å²) in [7, 11) is 0. The van der Waals surface area contributed by atoms with Crippen LogP contribution >= 0.6 is 0 Å². The Morgan fingerprint density at radius 3 is 2.52 bits per heavy atom. The number of fused-ring (bicyclic) bond motifs is 1. The lowest BCUT2D eigenvalue weighted by molar-refractivity contribution is 0.0678. The van der Waals surface area contributed by atoms with Crippen LogP contribution in [-0.4, -0.2) is 41.9 Å². The normalized spacial score (nSPS) is 20.2. The fraction of sp³-hybridized carbons (Fsp3) is 0.667. The Hall–Kier alpha value is -2.18. The van der Waals surface area contributed by atoms with Gasteiger partial charge in [-0.25, -0.2) is 0 Å². The van der Waals surface area contributed by atoms with Crippen molar-refractivity contribution in [2.24, 2.45) is 0 Å². The molecule has 2 aliphatic rings. The minimum Gasteiger partial charge on any atom is -0.329 e. The lowest BCUT2D eigenvalue weighted by atomic mass is 10.1. The van der Waals surface area contributed by atoms with Crippen LogP contribution in [0.5, 0.6) is 0 Å². The first kappa shape index (κ1) is 16.3. The van der Waals surface area contributed by atoms with Crippen LogP contribution in [0.15, 0.2) is 0 Å². The third kappa shape index (κ3) is 2.56. The number of carbonyl (C=O) groups excluding carboxylic acids is 1. The molecule has 2 aromatic heterocycles. The van der Waals surface area contributed by atoms with Crippen LogP contribution in [0, 0.1) is 13.8 Å². The van der Waals surface area contributed by atoms with Gasteiger partial charge in [0, 0.05) is 24.2 Å². The van der Waals surface area contributed by atoms with Crippen molar-refractivity contribution in [3.8, 4) is 0 Å². The monoisotopic (exact) mass is 342 g/mol. The van der Waals surface area contributed by atoms with E-state index < -0.39 is 0 Å². The summed E-state index contributed by atoms with van der Waals surface area (Å²) in [5, 5.41) is 13.3. The van der Waals surface area contributed by atoms with Crippen molar-refractivity contribution in [2.75, 3.05) is 6.54 Å². The zero-order chi connectivity index (χ0) is 17.9. The van der Waals surface area contributed by atoms with Gasteiger partial charge in [0.15, 0.2) is 5.82 Å². The maximum absolute atomic E-state index is 13.2. The summed E-state index contributed by atoms with van der Waals surface area (Å²) in [6.07, 6.45) is 2.42. The molecule has 0 saturated heterocycles. The lowest BCUT2D eigenvalue weighted by Gasteiger charge is -2.32. The predicted octanol–water partition coefficient (Wildman–Crippen LogP) is 2.77. The third-order valence-electron chi connectivity index (χ3n) is 5.31. The topological polar surface area (TPSA) is 68.8 Å². The summed E-state index contributed by atoms with van der Waals surface area (Å²) >= 11 is 0. The summed E-state index contributed by atoms with van der Waals surface area (Å²) in [4.78, 5) is 15.1. The number of aryl methyl sites for hydroxylation is 1. The van der Waals surface area contributed by atoms with Gasteiger partial charge in [0.1, 0.15) is 5.82 Å². The highest BCUT2D eigenvalue weighted by Gasteiger charge is 2.36. The molecular weight excluding hydrogens is 316 g/mol. The van der Waals surface area contributed by atoms with Crippen LogP contribution in [0.3, 0.4) is 0 Å². The van der Waals surface area contributed by atoms with Crippen molar-refractivity contribution in [3.05, 3.63) is 28.6 Å². The van der Waals surface area contributed by atoms with E-state index >= 15 is 0 Å². The molecular formula is C18H26N6O. The quantitative estimate of drug-likeness (QED) is 0.860. The van der Waals surface area contributed by atoms with Crippen LogP contribution in [0.2, 0.25) is 0 Å². The highest BCUT2D eigenvalue weighted by atomic mass is 16.2. The van der Waals surface area contributed by atoms with E-state index in [-0.39, 0.29) is 18.0 Å². The molecule has 2 aromatic rings. The first-order valence-electron chi connectivity index (χ1n) is 9.17. The Bertz CT molecular complexity index is 829. The number of hydrogen-bond acceptors (Lipinski definition) is 4. The van der Waals surface area contributed by atoms with Crippen LogP contribution in [-0.2, 0) is 6.54 Å². The van der Waals surface area contributed by atoms with Crippen LogP contribution < -0.4 is 0 Å². The molecule has 0 N–H and O–H groups in total. The molecule has 7 nitrogen and oxygen atoms in total. The first-order valence-corrected chi connectivity index (χ1v) is 9.17. The minimum atomic E-state index is 0.0518. The summed E-state index contributed by atoms with van der Waals surface area (Å²) < 4.78 is 4.18. The fourth-order valence-corrected chi connectivity index (χ4v) is 3.97. The van der Waals surface area contributed by atoms with Gasteiger partial charge in [-0.3, -0.25) is 9.48 Å². The molecule has 1 fully saturated rings. The van der Waals surface area contributed by atoms with E-state index in [1.807, 2.05) is 23.4 Å². The molecule has 0 spiro atoms. The number of hydrogen-bond donors (Lipinski definition) is 0. The van der Waals surface area contributed by atoms with Crippen molar-refractivity contribution in [1.82, 2.24) is 29.4 Å². The molecule has 134 valence electrons. The van der Waals surface area contributed by atoms with Crippen molar-refractivity contribution >= 4 is 5.91 Å². The van der Waals surface area contributed by atoms with Crippen molar-refractivity contribution in [1.29, 1.82) is 0 Å². The maximum Gasteiger partial charge on any atom is 0.258 e. The van der Waals surface area contributed by atoms with E-state index in [0.717, 1.165) is 28.6 Å².